The summed E-state index contributed by atoms with van der Waals surface area (Å²) in [6, 6.07) is 6.90. The molecule has 6 nitrogen and oxygen atoms in total. The van der Waals surface area contributed by atoms with Crippen LogP contribution < -0.4 is 4.74 Å². The molecule has 110 valence electrons. The van der Waals surface area contributed by atoms with Gasteiger partial charge in [0.1, 0.15) is 11.4 Å². The SMILES string of the molecule is CN1C(=O)/C(=C\c2ccccc2OCC(=O)O)N(C)C1=S. The van der Waals surface area contributed by atoms with E-state index >= 15 is 0 Å². The number of thiocarbonyl (C=S) groups is 1. The summed E-state index contributed by atoms with van der Waals surface area (Å²) in [5, 5.41) is 9.09. The number of carbonyl (C=O) groups is 2. The number of likely N-dealkylation sites (N-methyl/N-ethyl adjacent to an activating group) is 2. The van der Waals surface area contributed by atoms with Crippen molar-refractivity contribution in [2.24, 2.45) is 0 Å². The summed E-state index contributed by atoms with van der Waals surface area (Å²) < 4.78 is 5.21. The van der Waals surface area contributed by atoms with Gasteiger partial charge >= 0.3 is 5.97 Å². The number of hydrogen-bond donors (Lipinski definition) is 1. The molecule has 1 fully saturated rings. The van der Waals surface area contributed by atoms with E-state index in [1.54, 1.807) is 49.3 Å². The van der Waals surface area contributed by atoms with E-state index in [4.69, 9.17) is 22.1 Å². The zero-order valence-corrected chi connectivity index (χ0v) is 12.4. The van der Waals surface area contributed by atoms with Gasteiger partial charge in [-0.15, -0.1) is 0 Å². The first-order valence-electron chi connectivity index (χ1n) is 6.13. The Morgan fingerprint density at radius 1 is 1.33 bits per heavy atom. The molecule has 1 aromatic carbocycles. The molecule has 1 aliphatic rings. The molecule has 1 aromatic rings. The van der Waals surface area contributed by atoms with Gasteiger partial charge in [0.25, 0.3) is 5.91 Å². The van der Waals surface area contributed by atoms with Crippen LogP contribution in [0, 0.1) is 0 Å². The highest BCUT2D eigenvalue weighted by Crippen LogP contribution is 2.25. The van der Waals surface area contributed by atoms with E-state index in [0.717, 1.165) is 0 Å². The summed E-state index contributed by atoms with van der Waals surface area (Å²) >= 11 is 5.13. The van der Waals surface area contributed by atoms with E-state index in [1.165, 1.54) is 4.90 Å². The largest absolute Gasteiger partial charge is 0.481 e. The van der Waals surface area contributed by atoms with Crippen molar-refractivity contribution in [2.75, 3.05) is 20.7 Å². The summed E-state index contributed by atoms with van der Waals surface area (Å²) in [7, 11) is 3.31. The van der Waals surface area contributed by atoms with Crippen molar-refractivity contribution in [1.29, 1.82) is 0 Å². The molecule has 21 heavy (non-hydrogen) atoms. The number of hydrogen-bond acceptors (Lipinski definition) is 4. The van der Waals surface area contributed by atoms with Crippen molar-refractivity contribution in [1.82, 2.24) is 9.80 Å². The number of carboxylic acid groups (broad SMARTS) is 1. The van der Waals surface area contributed by atoms with Crippen molar-refractivity contribution < 1.29 is 19.4 Å². The molecule has 1 heterocycles. The second-order valence-corrected chi connectivity index (χ2v) is 4.82. The summed E-state index contributed by atoms with van der Waals surface area (Å²) in [6.45, 7) is -0.442. The van der Waals surface area contributed by atoms with Gasteiger partial charge in [0.05, 0.1) is 0 Å². The van der Waals surface area contributed by atoms with Crippen molar-refractivity contribution in [2.45, 2.75) is 0 Å². The summed E-state index contributed by atoms with van der Waals surface area (Å²) in [4.78, 5) is 25.7. The van der Waals surface area contributed by atoms with Crippen LogP contribution in [0.2, 0.25) is 0 Å². The zero-order chi connectivity index (χ0) is 15.6. The summed E-state index contributed by atoms with van der Waals surface area (Å²) in [5.41, 5.74) is 1.03. The molecular formula is C14H14N2O4S. The molecule has 0 aromatic heterocycles. The van der Waals surface area contributed by atoms with E-state index < -0.39 is 12.6 Å². The van der Waals surface area contributed by atoms with Crippen molar-refractivity contribution in [3.63, 3.8) is 0 Å². The van der Waals surface area contributed by atoms with Crippen LogP contribution >= 0.6 is 12.2 Å². The molecule has 1 amide bonds. The quantitative estimate of drug-likeness (QED) is 0.665. The first kappa shape index (κ1) is 15.0. The molecule has 2 rings (SSSR count). The van der Waals surface area contributed by atoms with Crippen LogP contribution in [0.5, 0.6) is 5.75 Å². The van der Waals surface area contributed by atoms with Gasteiger partial charge in [0.15, 0.2) is 11.7 Å². The topological polar surface area (TPSA) is 70.1 Å². The van der Waals surface area contributed by atoms with Crippen LogP contribution in [0.25, 0.3) is 6.08 Å². The fourth-order valence-electron chi connectivity index (χ4n) is 1.91. The number of nitrogens with zero attached hydrogens (tertiary/aromatic N) is 2. The third-order valence-corrected chi connectivity index (χ3v) is 3.57. The molecule has 0 spiro atoms. The Labute approximate surface area is 127 Å². The molecule has 7 heteroatoms. The normalized spacial score (nSPS) is 16.8. The molecule has 0 saturated carbocycles. The fourth-order valence-corrected chi connectivity index (χ4v) is 2.09. The van der Waals surface area contributed by atoms with E-state index in [2.05, 4.69) is 0 Å². The third-order valence-electron chi connectivity index (χ3n) is 3.02. The Morgan fingerprint density at radius 3 is 2.57 bits per heavy atom. The minimum Gasteiger partial charge on any atom is -0.481 e. The third kappa shape index (κ3) is 3.03. The van der Waals surface area contributed by atoms with Crippen LogP contribution in [-0.2, 0) is 9.59 Å². The Bertz CT molecular complexity index is 642. The maximum Gasteiger partial charge on any atom is 0.341 e. The van der Waals surface area contributed by atoms with Gasteiger partial charge in [-0.1, -0.05) is 18.2 Å². The second-order valence-electron chi connectivity index (χ2n) is 4.46. The minimum atomic E-state index is -1.06. The van der Waals surface area contributed by atoms with Crippen molar-refractivity contribution in [3.8, 4) is 5.75 Å². The van der Waals surface area contributed by atoms with Gasteiger partial charge < -0.3 is 14.7 Å². The van der Waals surface area contributed by atoms with Gasteiger partial charge in [-0.25, -0.2) is 4.79 Å². The predicted molar refractivity (Wildman–Crippen MR) is 80.7 cm³/mol. The van der Waals surface area contributed by atoms with Gasteiger partial charge in [-0.05, 0) is 24.4 Å². The van der Waals surface area contributed by atoms with E-state index in [0.29, 0.717) is 22.1 Å². The lowest BCUT2D eigenvalue weighted by molar-refractivity contribution is -0.139. The van der Waals surface area contributed by atoms with Crippen LogP contribution in [-0.4, -0.2) is 52.6 Å². The number of carboxylic acids is 1. The number of benzene rings is 1. The highest BCUT2D eigenvalue weighted by Gasteiger charge is 2.32. The number of amides is 1. The maximum absolute atomic E-state index is 12.1. The van der Waals surface area contributed by atoms with Crippen LogP contribution in [0.4, 0.5) is 0 Å². The summed E-state index contributed by atoms with van der Waals surface area (Å²) in [5.74, 6) is -0.878. The number of aliphatic carboxylic acids is 1. The number of carbonyl (C=O) groups excluding carboxylic acids is 1. The highest BCUT2D eigenvalue weighted by atomic mass is 32.1. The van der Waals surface area contributed by atoms with Gasteiger partial charge in [-0.2, -0.15) is 0 Å². The average molecular weight is 306 g/mol. The van der Waals surface area contributed by atoms with Crippen LogP contribution in [0.3, 0.4) is 0 Å². The molecule has 1 saturated heterocycles. The molecule has 1 N–H and O–H groups in total. The zero-order valence-electron chi connectivity index (χ0n) is 11.6. The van der Waals surface area contributed by atoms with E-state index in [1.807, 2.05) is 0 Å². The molecule has 1 aliphatic heterocycles. The molecule has 0 atom stereocenters. The Balaban J connectivity index is 2.35. The Morgan fingerprint density at radius 2 is 2.00 bits per heavy atom. The van der Waals surface area contributed by atoms with Gasteiger partial charge in [-0.3, -0.25) is 9.69 Å². The maximum atomic E-state index is 12.1. The average Bonchev–Trinajstić information content (AvgIpc) is 2.64. The Hall–Kier alpha value is -2.41. The van der Waals surface area contributed by atoms with Crippen molar-refractivity contribution in [3.05, 3.63) is 35.5 Å². The molecular weight excluding hydrogens is 292 g/mol. The van der Waals surface area contributed by atoms with Gasteiger partial charge in [0.2, 0.25) is 0 Å². The molecule has 0 bridgehead atoms. The molecule has 0 unspecified atom stereocenters. The lowest BCUT2D eigenvalue weighted by atomic mass is 10.1. The lowest BCUT2D eigenvalue weighted by Crippen LogP contribution is -2.26. The standard InChI is InChI=1S/C14H14N2O4S/c1-15-10(13(19)16(2)14(15)21)7-9-5-3-4-6-11(9)20-8-12(17)18/h3-7H,8H2,1-2H3,(H,17,18)/b10-7+. The second kappa shape index (κ2) is 5.92. The first-order chi connectivity index (χ1) is 9.91. The fraction of sp³-hybridized carbons (Fsp3) is 0.214. The molecule has 0 aliphatic carbocycles. The van der Waals surface area contributed by atoms with E-state index in [-0.39, 0.29) is 5.91 Å². The number of para-hydroxylation sites is 1. The predicted octanol–water partition coefficient (Wildman–Crippen LogP) is 1.18. The van der Waals surface area contributed by atoms with E-state index in [9.17, 15) is 9.59 Å². The Kier molecular flexibility index (Phi) is 4.23. The smallest absolute Gasteiger partial charge is 0.341 e. The van der Waals surface area contributed by atoms with Crippen LogP contribution in [0.15, 0.2) is 30.0 Å². The monoisotopic (exact) mass is 306 g/mol. The molecule has 0 radical (unpaired) electrons. The highest BCUT2D eigenvalue weighted by molar-refractivity contribution is 7.80. The van der Waals surface area contributed by atoms with Gasteiger partial charge in [0, 0.05) is 19.7 Å². The lowest BCUT2D eigenvalue weighted by Gasteiger charge is -2.12. The number of ether oxygens (including phenoxy) is 1. The minimum absolute atomic E-state index is 0.212. The first-order valence-corrected chi connectivity index (χ1v) is 6.53. The summed E-state index contributed by atoms with van der Waals surface area (Å²) in [6.07, 6.45) is 1.63. The number of rotatable bonds is 4. The van der Waals surface area contributed by atoms with Crippen LogP contribution in [0.1, 0.15) is 5.56 Å². The van der Waals surface area contributed by atoms with Crippen molar-refractivity contribution >= 4 is 35.3 Å².